The number of ether oxygens (including phenoxy) is 1. The zero-order valence-electron chi connectivity index (χ0n) is 9.92. The van der Waals surface area contributed by atoms with Crippen molar-refractivity contribution >= 4 is 6.09 Å². The second-order valence-corrected chi connectivity index (χ2v) is 5.14. The molecule has 0 bridgehead atoms. The highest BCUT2D eigenvalue weighted by atomic mass is 19.1. The van der Waals surface area contributed by atoms with Crippen LogP contribution in [0.15, 0.2) is 0 Å². The molecule has 0 radical (unpaired) electrons. The first kappa shape index (κ1) is 12.3. The van der Waals surface area contributed by atoms with Crippen LogP contribution < -0.4 is 0 Å². The number of piperidine rings is 1. The number of amides is 1. The largest absolute Gasteiger partial charge is 0.444 e. The summed E-state index contributed by atoms with van der Waals surface area (Å²) in [6, 6.07) is -0.0661. The third-order valence-corrected chi connectivity index (χ3v) is 2.44. The van der Waals surface area contributed by atoms with Gasteiger partial charge in [0.15, 0.2) is 0 Å². The van der Waals surface area contributed by atoms with Gasteiger partial charge in [0, 0.05) is 12.6 Å². The van der Waals surface area contributed by atoms with Crippen LogP contribution >= 0.6 is 0 Å². The molecule has 0 aromatic heterocycles. The average molecular weight is 217 g/mol. The maximum atomic E-state index is 13.0. The minimum Gasteiger partial charge on any atom is -0.444 e. The Hall–Kier alpha value is -0.800. The molecule has 0 aliphatic carbocycles. The van der Waals surface area contributed by atoms with Crippen LogP contribution in [0.1, 0.15) is 40.5 Å². The number of hydrogen-bond donors (Lipinski definition) is 0. The molecule has 1 saturated heterocycles. The molecule has 0 spiro atoms. The van der Waals surface area contributed by atoms with Crippen LogP contribution in [0.2, 0.25) is 0 Å². The first-order valence-corrected chi connectivity index (χ1v) is 5.43. The maximum Gasteiger partial charge on any atom is 0.410 e. The van der Waals surface area contributed by atoms with Gasteiger partial charge in [0.2, 0.25) is 0 Å². The highest BCUT2D eigenvalue weighted by Gasteiger charge is 2.31. The zero-order chi connectivity index (χ0) is 11.6. The van der Waals surface area contributed by atoms with Crippen LogP contribution in [-0.4, -0.2) is 35.4 Å². The van der Waals surface area contributed by atoms with Gasteiger partial charge in [-0.05, 0) is 40.5 Å². The van der Waals surface area contributed by atoms with E-state index in [0.717, 1.165) is 0 Å². The van der Waals surface area contributed by atoms with E-state index in [1.165, 1.54) is 0 Å². The molecule has 2 atom stereocenters. The molecule has 1 fully saturated rings. The molecule has 0 N–H and O–H groups in total. The lowest BCUT2D eigenvalue weighted by Crippen LogP contribution is -2.47. The molecule has 1 amide bonds. The Labute approximate surface area is 90.6 Å². The molecule has 0 saturated carbocycles. The molecule has 3 nitrogen and oxygen atoms in total. The smallest absolute Gasteiger partial charge is 0.410 e. The molecule has 15 heavy (non-hydrogen) atoms. The van der Waals surface area contributed by atoms with Crippen LogP contribution in [0.4, 0.5) is 9.18 Å². The highest BCUT2D eigenvalue weighted by Crippen LogP contribution is 2.21. The van der Waals surface area contributed by atoms with Crippen molar-refractivity contribution in [1.82, 2.24) is 4.90 Å². The molecule has 0 unspecified atom stereocenters. The second kappa shape index (κ2) is 4.37. The summed E-state index contributed by atoms with van der Waals surface area (Å²) in [6.07, 6.45) is -0.274. The molecule has 1 aliphatic rings. The van der Waals surface area contributed by atoms with Gasteiger partial charge in [-0.15, -0.1) is 0 Å². The van der Waals surface area contributed by atoms with Crippen LogP contribution in [-0.2, 0) is 4.74 Å². The van der Waals surface area contributed by atoms with Gasteiger partial charge in [-0.25, -0.2) is 9.18 Å². The molecular formula is C11H20FNO2. The SMILES string of the molecule is C[C@H]1C[C@@H](F)CCN1C(=O)OC(C)(C)C. The van der Waals surface area contributed by atoms with Crippen molar-refractivity contribution in [2.75, 3.05) is 6.54 Å². The third kappa shape index (κ3) is 3.68. The number of hydrogen-bond acceptors (Lipinski definition) is 2. The first-order chi connectivity index (χ1) is 6.79. The van der Waals surface area contributed by atoms with Gasteiger partial charge in [0.05, 0.1) is 0 Å². The number of halogens is 1. The van der Waals surface area contributed by atoms with E-state index in [1.807, 2.05) is 27.7 Å². The lowest BCUT2D eigenvalue weighted by atomic mass is 10.0. The van der Waals surface area contributed by atoms with Gasteiger partial charge in [-0.3, -0.25) is 0 Å². The van der Waals surface area contributed by atoms with Gasteiger partial charge < -0.3 is 9.64 Å². The van der Waals surface area contributed by atoms with E-state index in [0.29, 0.717) is 19.4 Å². The Morgan fingerprint density at radius 3 is 2.53 bits per heavy atom. The molecule has 1 rings (SSSR count). The number of carbonyl (C=O) groups excluding carboxylic acids is 1. The van der Waals surface area contributed by atoms with Crippen molar-refractivity contribution in [2.45, 2.75) is 58.4 Å². The zero-order valence-corrected chi connectivity index (χ0v) is 9.92. The van der Waals surface area contributed by atoms with E-state index >= 15 is 0 Å². The topological polar surface area (TPSA) is 29.5 Å². The molecular weight excluding hydrogens is 197 g/mol. The number of nitrogens with zero attached hydrogens (tertiary/aromatic N) is 1. The quantitative estimate of drug-likeness (QED) is 0.624. The lowest BCUT2D eigenvalue weighted by Gasteiger charge is -2.36. The fourth-order valence-corrected chi connectivity index (χ4v) is 1.71. The van der Waals surface area contributed by atoms with Crippen molar-refractivity contribution in [3.63, 3.8) is 0 Å². The molecule has 4 heteroatoms. The summed E-state index contributed by atoms with van der Waals surface area (Å²) in [7, 11) is 0. The van der Waals surface area contributed by atoms with E-state index in [2.05, 4.69) is 0 Å². The van der Waals surface area contributed by atoms with Gasteiger partial charge in [-0.1, -0.05) is 0 Å². The number of likely N-dealkylation sites (tertiary alicyclic amines) is 1. The van der Waals surface area contributed by atoms with E-state index in [9.17, 15) is 9.18 Å². The summed E-state index contributed by atoms with van der Waals surface area (Å²) in [4.78, 5) is 13.3. The first-order valence-electron chi connectivity index (χ1n) is 5.43. The number of alkyl halides is 1. The minimum absolute atomic E-state index is 0.0661. The normalized spacial score (nSPS) is 27.7. The highest BCUT2D eigenvalue weighted by molar-refractivity contribution is 5.68. The van der Waals surface area contributed by atoms with E-state index in [-0.39, 0.29) is 12.1 Å². The third-order valence-electron chi connectivity index (χ3n) is 2.44. The summed E-state index contributed by atoms with van der Waals surface area (Å²) < 4.78 is 18.3. The second-order valence-electron chi connectivity index (χ2n) is 5.14. The van der Waals surface area contributed by atoms with Crippen molar-refractivity contribution in [2.24, 2.45) is 0 Å². The van der Waals surface area contributed by atoms with Crippen LogP contribution in [0.3, 0.4) is 0 Å². The van der Waals surface area contributed by atoms with Crippen LogP contribution in [0.5, 0.6) is 0 Å². The standard InChI is InChI=1S/C11H20FNO2/c1-8-7-9(12)5-6-13(8)10(14)15-11(2,3)4/h8-9H,5-7H2,1-4H3/t8-,9-/m0/s1. The maximum absolute atomic E-state index is 13.0. The van der Waals surface area contributed by atoms with Crippen LogP contribution in [0, 0.1) is 0 Å². The molecule has 0 aromatic rings. The predicted molar refractivity (Wildman–Crippen MR) is 56.5 cm³/mol. The molecule has 0 aromatic carbocycles. The van der Waals surface area contributed by atoms with Gasteiger partial charge in [0.25, 0.3) is 0 Å². The van der Waals surface area contributed by atoms with Gasteiger partial charge in [-0.2, -0.15) is 0 Å². The summed E-state index contributed by atoms with van der Waals surface area (Å²) in [6.45, 7) is 7.80. The van der Waals surface area contributed by atoms with E-state index in [4.69, 9.17) is 4.74 Å². The molecule has 1 heterocycles. The summed E-state index contributed by atoms with van der Waals surface area (Å²) in [5, 5.41) is 0. The van der Waals surface area contributed by atoms with Crippen molar-refractivity contribution in [1.29, 1.82) is 0 Å². The van der Waals surface area contributed by atoms with Gasteiger partial charge >= 0.3 is 6.09 Å². The average Bonchev–Trinajstić information content (AvgIpc) is 1.99. The number of carbonyl (C=O) groups is 1. The van der Waals surface area contributed by atoms with E-state index < -0.39 is 11.8 Å². The fraction of sp³-hybridized carbons (Fsp3) is 0.909. The monoisotopic (exact) mass is 217 g/mol. The Balaban J connectivity index is 2.53. The molecule has 1 aliphatic heterocycles. The van der Waals surface area contributed by atoms with Crippen molar-refractivity contribution < 1.29 is 13.9 Å². The van der Waals surface area contributed by atoms with E-state index in [1.54, 1.807) is 4.90 Å². The summed E-state index contributed by atoms with van der Waals surface area (Å²) >= 11 is 0. The Morgan fingerprint density at radius 1 is 1.47 bits per heavy atom. The van der Waals surface area contributed by atoms with Crippen molar-refractivity contribution in [3.8, 4) is 0 Å². The van der Waals surface area contributed by atoms with Crippen LogP contribution in [0.25, 0.3) is 0 Å². The number of rotatable bonds is 0. The Kier molecular flexibility index (Phi) is 3.58. The van der Waals surface area contributed by atoms with Crippen molar-refractivity contribution in [3.05, 3.63) is 0 Å². The summed E-state index contributed by atoms with van der Waals surface area (Å²) in [5.74, 6) is 0. The Morgan fingerprint density at radius 2 is 2.07 bits per heavy atom. The Bertz CT molecular complexity index is 237. The van der Waals surface area contributed by atoms with Gasteiger partial charge in [0.1, 0.15) is 11.8 Å². The minimum atomic E-state index is -0.779. The molecule has 88 valence electrons. The fourth-order valence-electron chi connectivity index (χ4n) is 1.71. The predicted octanol–water partition coefficient (Wildman–Crippen LogP) is 2.74. The lowest BCUT2D eigenvalue weighted by molar-refractivity contribution is 0.00486. The summed E-state index contributed by atoms with van der Waals surface area (Å²) in [5.41, 5.74) is -0.483.